The van der Waals surface area contributed by atoms with Crippen LogP contribution in [-0.2, 0) is 4.74 Å². The normalized spacial score (nSPS) is 9.52. The van der Waals surface area contributed by atoms with Gasteiger partial charge in [-0.3, -0.25) is 4.79 Å². The van der Waals surface area contributed by atoms with Crippen LogP contribution < -0.4 is 10.1 Å². The van der Waals surface area contributed by atoms with Gasteiger partial charge in [-0.25, -0.2) is 4.79 Å². The van der Waals surface area contributed by atoms with Gasteiger partial charge in [0, 0.05) is 0 Å². The van der Waals surface area contributed by atoms with Crippen LogP contribution in [0.25, 0.3) is 0 Å². The molecule has 0 atom stereocenters. The molecule has 0 aromatic heterocycles. The summed E-state index contributed by atoms with van der Waals surface area (Å²) in [6, 6.07) is 13.5. The summed E-state index contributed by atoms with van der Waals surface area (Å²) in [5.41, 5.74) is 0.445. The summed E-state index contributed by atoms with van der Waals surface area (Å²) in [6.07, 6.45) is 0. The van der Waals surface area contributed by atoms with Crippen molar-refractivity contribution in [3.05, 3.63) is 64.7 Å². The van der Waals surface area contributed by atoms with Crippen molar-refractivity contribution in [1.82, 2.24) is 5.32 Å². The first kappa shape index (κ1) is 18.4. The van der Waals surface area contributed by atoms with Gasteiger partial charge in [-0.15, -0.1) is 0 Å². The zero-order valence-electron chi connectivity index (χ0n) is 13.5. The Morgan fingerprint density at radius 3 is 2.44 bits per heavy atom. The molecule has 6 heteroatoms. The fourth-order valence-corrected chi connectivity index (χ4v) is 2.17. The number of hydrogen-bond acceptors (Lipinski definition) is 4. The van der Waals surface area contributed by atoms with E-state index >= 15 is 0 Å². The van der Waals surface area contributed by atoms with Crippen molar-refractivity contribution < 1.29 is 19.1 Å². The van der Waals surface area contributed by atoms with Crippen LogP contribution in [0.15, 0.2) is 48.5 Å². The van der Waals surface area contributed by atoms with Gasteiger partial charge in [0.2, 0.25) is 0 Å². The number of benzene rings is 2. The standard InChI is InChI=1S/C19H16ClNO4/c1-24-19(23)15-9-3-2-8-14(15)18(22)21-12-6-7-13-25-17-11-5-4-10-16(17)20/h2-5,8-11H,12-13H2,1H3,(H,21,22). The van der Waals surface area contributed by atoms with Crippen LogP contribution in [0, 0.1) is 11.8 Å². The molecule has 0 saturated heterocycles. The molecular formula is C19H16ClNO4. The molecule has 0 saturated carbocycles. The van der Waals surface area contributed by atoms with E-state index in [0.717, 1.165) is 0 Å². The number of hydrogen-bond donors (Lipinski definition) is 1. The van der Waals surface area contributed by atoms with Crippen LogP contribution in [0.4, 0.5) is 0 Å². The number of esters is 1. The Morgan fingerprint density at radius 2 is 1.72 bits per heavy atom. The number of halogens is 1. The number of carbonyl (C=O) groups excluding carboxylic acids is 2. The lowest BCUT2D eigenvalue weighted by Gasteiger charge is -2.06. The summed E-state index contributed by atoms with van der Waals surface area (Å²) in [6.45, 7) is 0.276. The van der Waals surface area contributed by atoms with E-state index in [-0.39, 0.29) is 24.3 Å². The molecule has 0 bridgehead atoms. The van der Waals surface area contributed by atoms with Crippen LogP contribution in [0.3, 0.4) is 0 Å². The Bertz CT molecular complexity index is 823. The lowest BCUT2D eigenvalue weighted by molar-refractivity contribution is 0.0596. The van der Waals surface area contributed by atoms with Gasteiger partial charge >= 0.3 is 5.97 Å². The van der Waals surface area contributed by atoms with Gasteiger partial charge in [-0.1, -0.05) is 47.7 Å². The van der Waals surface area contributed by atoms with Crippen LogP contribution in [0.1, 0.15) is 20.7 Å². The molecule has 2 aromatic rings. The summed E-state index contributed by atoms with van der Waals surface area (Å²) in [5, 5.41) is 3.14. The van der Waals surface area contributed by atoms with Crippen molar-refractivity contribution in [2.45, 2.75) is 0 Å². The summed E-state index contributed by atoms with van der Waals surface area (Å²) in [4.78, 5) is 23.8. The molecule has 0 aliphatic heterocycles. The lowest BCUT2D eigenvalue weighted by atomic mass is 10.1. The van der Waals surface area contributed by atoms with E-state index in [4.69, 9.17) is 16.3 Å². The number of nitrogens with one attached hydrogen (secondary N) is 1. The summed E-state index contributed by atoms with van der Waals surface area (Å²) >= 11 is 5.96. The van der Waals surface area contributed by atoms with Gasteiger partial charge in [0.25, 0.3) is 5.91 Å². The highest BCUT2D eigenvalue weighted by atomic mass is 35.5. The maximum Gasteiger partial charge on any atom is 0.338 e. The topological polar surface area (TPSA) is 64.6 Å². The van der Waals surface area contributed by atoms with E-state index in [2.05, 4.69) is 21.9 Å². The molecule has 25 heavy (non-hydrogen) atoms. The minimum Gasteiger partial charge on any atom is -0.479 e. The molecule has 0 heterocycles. The minimum atomic E-state index is -0.565. The second-order valence-electron chi connectivity index (χ2n) is 4.79. The van der Waals surface area contributed by atoms with E-state index in [1.165, 1.54) is 13.2 Å². The third-order valence-electron chi connectivity index (χ3n) is 3.18. The summed E-state index contributed by atoms with van der Waals surface area (Å²) in [5.74, 6) is 5.14. The van der Waals surface area contributed by atoms with E-state index in [9.17, 15) is 9.59 Å². The summed E-state index contributed by atoms with van der Waals surface area (Å²) < 4.78 is 10.1. The van der Waals surface area contributed by atoms with Crippen molar-refractivity contribution >= 4 is 23.5 Å². The number of amides is 1. The molecule has 0 radical (unpaired) electrons. The van der Waals surface area contributed by atoms with Crippen LogP contribution >= 0.6 is 11.6 Å². The van der Waals surface area contributed by atoms with Crippen molar-refractivity contribution in [3.63, 3.8) is 0 Å². The average molecular weight is 358 g/mol. The van der Waals surface area contributed by atoms with Gasteiger partial charge in [-0.05, 0) is 24.3 Å². The van der Waals surface area contributed by atoms with Crippen molar-refractivity contribution in [2.75, 3.05) is 20.3 Å². The van der Waals surface area contributed by atoms with Gasteiger partial charge in [0.05, 0.1) is 29.8 Å². The maximum atomic E-state index is 12.1. The summed E-state index contributed by atoms with van der Waals surface area (Å²) in [7, 11) is 1.27. The number of methoxy groups -OCH3 is 1. The average Bonchev–Trinajstić information content (AvgIpc) is 2.65. The van der Waals surface area contributed by atoms with E-state index < -0.39 is 11.9 Å². The van der Waals surface area contributed by atoms with E-state index in [1.54, 1.807) is 30.3 Å². The van der Waals surface area contributed by atoms with Gasteiger partial charge < -0.3 is 14.8 Å². The highest BCUT2D eigenvalue weighted by Crippen LogP contribution is 2.22. The van der Waals surface area contributed by atoms with Crippen molar-refractivity contribution in [1.29, 1.82) is 0 Å². The molecule has 1 amide bonds. The van der Waals surface area contributed by atoms with Crippen molar-refractivity contribution in [2.24, 2.45) is 0 Å². The van der Waals surface area contributed by atoms with E-state index in [0.29, 0.717) is 10.8 Å². The first-order valence-electron chi connectivity index (χ1n) is 7.42. The third kappa shape index (κ3) is 5.27. The van der Waals surface area contributed by atoms with Crippen molar-refractivity contribution in [3.8, 4) is 17.6 Å². The quantitative estimate of drug-likeness (QED) is 0.660. The zero-order valence-corrected chi connectivity index (χ0v) is 14.3. The zero-order chi connectivity index (χ0) is 18.1. The molecule has 0 fully saturated rings. The first-order valence-corrected chi connectivity index (χ1v) is 7.80. The van der Waals surface area contributed by atoms with Crippen LogP contribution in [0.5, 0.6) is 5.75 Å². The van der Waals surface area contributed by atoms with Gasteiger partial charge in [0.15, 0.2) is 0 Å². The number of carbonyl (C=O) groups is 2. The highest BCUT2D eigenvalue weighted by Gasteiger charge is 2.16. The second kappa shape index (κ2) is 9.36. The Hall–Kier alpha value is -2.97. The fourth-order valence-electron chi connectivity index (χ4n) is 1.98. The lowest BCUT2D eigenvalue weighted by Crippen LogP contribution is -2.25. The SMILES string of the molecule is COC(=O)c1ccccc1C(=O)NCC#CCOc1ccccc1Cl. The molecule has 2 rings (SSSR count). The highest BCUT2D eigenvalue weighted by molar-refractivity contribution is 6.32. The first-order chi connectivity index (χ1) is 12.1. The smallest absolute Gasteiger partial charge is 0.338 e. The molecular weight excluding hydrogens is 342 g/mol. The van der Waals surface area contributed by atoms with E-state index in [1.807, 2.05) is 12.1 Å². The number of rotatable bonds is 5. The minimum absolute atomic E-state index is 0.125. The van der Waals surface area contributed by atoms with Crippen LogP contribution in [-0.4, -0.2) is 32.1 Å². The monoisotopic (exact) mass is 357 g/mol. The Kier molecular flexibility index (Phi) is 6.87. The molecule has 0 spiro atoms. The third-order valence-corrected chi connectivity index (χ3v) is 3.49. The molecule has 128 valence electrons. The Balaban J connectivity index is 1.86. The Morgan fingerprint density at radius 1 is 1.04 bits per heavy atom. The second-order valence-corrected chi connectivity index (χ2v) is 5.20. The predicted molar refractivity (Wildman–Crippen MR) is 94.8 cm³/mol. The largest absolute Gasteiger partial charge is 0.479 e. The van der Waals surface area contributed by atoms with Gasteiger partial charge in [-0.2, -0.15) is 0 Å². The molecule has 0 aliphatic carbocycles. The number of ether oxygens (including phenoxy) is 2. The predicted octanol–water partition coefficient (Wildman–Crippen LogP) is 2.94. The van der Waals surface area contributed by atoms with Gasteiger partial charge in [0.1, 0.15) is 12.4 Å². The molecule has 0 unspecified atom stereocenters. The molecule has 2 aromatic carbocycles. The number of para-hydroxylation sites is 1. The fraction of sp³-hybridized carbons (Fsp3) is 0.158. The molecule has 5 nitrogen and oxygen atoms in total. The maximum absolute atomic E-state index is 12.1. The van der Waals surface area contributed by atoms with Crippen LogP contribution in [0.2, 0.25) is 5.02 Å². The molecule has 0 aliphatic rings. The Labute approximate surface area is 150 Å². The molecule has 1 N–H and O–H groups in total.